The van der Waals surface area contributed by atoms with Crippen LogP contribution in [0, 0.1) is 18.6 Å². The number of hydrogen-bond donors (Lipinski definition) is 2. The van der Waals surface area contributed by atoms with Gasteiger partial charge in [-0.25, -0.2) is 8.78 Å². The van der Waals surface area contributed by atoms with Crippen LogP contribution in [0.4, 0.5) is 8.78 Å². The molecule has 2 N–H and O–H groups in total. The number of ether oxygens (including phenoxy) is 2. The van der Waals surface area contributed by atoms with Crippen LogP contribution >= 0.6 is 11.3 Å². The van der Waals surface area contributed by atoms with Gasteiger partial charge in [-0.3, -0.25) is 24.2 Å². The summed E-state index contributed by atoms with van der Waals surface area (Å²) in [7, 11) is 0. The van der Waals surface area contributed by atoms with Crippen molar-refractivity contribution in [2.75, 3.05) is 6.54 Å². The summed E-state index contributed by atoms with van der Waals surface area (Å²) < 4.78 is 40.9. The second kappa shape index (κ2) is 15.3. The van der Waals surface area contributed by atoms with Gasteiger partial charge in [0.15, 0.2) is 0 Å². The van der Waals surface area contributed by atoms with Crippen LogP contribution in [0.1, 0.15) is 66.9 Å². The van der Waals surface area contributed by atoms with Crippen molar-refractivity contribution in [2.24, 2.45) is 0 Å². The Bertz CT molecular complexity index is 1800. The summed E-state index contributed by atoms with van der Waals surface area (Å²) in [5.41, 5.74) is 1.01. The smallest absolute Gasteiger partial charge is 0.306 e. The molecule has 0 spiro atoms. The third-order valence-corrected chi connectivity index (χ3v) is 8.00. The minimum Gasteiger partial charge on any atom is -0.460 e. The van der Waals surface area contributed by atoms with Crippen molar-refractivity contribution < 1.29 is 37.4 Å². The highest BCUT2D eigenvalue weighted by molar-refractivity contribution is 7.21. The number of likely N-dealkylation sites (N-methyl/N-ethyl adjacent to an activating group) is 1. The molecule has 47 heavy (non-hydrogen) atoms. The number of aromatic nitrogens is 1. The van der Waals surface area contributed by atoms with Crippen molar-refractivity contribution in [3.05, 3.63) is 87.9 Å². The van der Waals surface area contributed by atoms with Crippen LogP contribution in [0.2, 0.25) is 0 Å². The minimum absolute atomic E-state index is 0.0416. The second-order valence-electron chi connectivity index (χ2n) is 12.0. The number of rotatable bonds is 13. The highest BCUT2D eigenvalue weighted by Crippen LogP contribution is 2.35. The van der Waals surface area contributed by atoms with Crippen LogP contribution in [0.5, 0.6) is 11.5 Å². The Hall–Kier alpha value is -4.71. The van der Waals surface area contributed by atoms with Crippen molar-refractivity contribution in [1.82, 2.24) is 15.6 Å². The Balaban J connectivity index is 1.45. The lowest BCUT2D eigenvalue weighted by Crippen LogP contribution is -2.46. The molecule has 0 saturated carbocycles. The van der Waals surface area contributed by atoms with Crippen LogP contribution in [0.25, 0.3) is 10.2 Å². The second-order valence-corrected chi connectivity index (χ2v) is 13.1. The summed E-state index contributed by atoms with van der Waals surface area (Å²) in [4.78, 5) is 55.3. The molecular weight excluding hydrogens is 628 g/mol. The SMILES string of the molecule is CCNC(=O)[C@H](CCC(=O)OC(C)(C)C)NC(=O)c1cc2nccc(Oc3ccc(CC(=O)Cc4cc(C)ccc4F)c(F)c3)c2s1. The minimum atomic E-state index is -0.979. The van der Waals surface area contributed by atoms with E-state index < -0.39 is 41.1 Å². The zero-order chi connectivity index (χ0) is 34.3. The van der Waals surface area contributed by atoms with Crippen LogP contribution < -0.4 is 15.4 Å². The first kappa shape index (κ1) is 35.1. The molecule has 2 aromatic carbocycles. The molecule has 0 aliphatic heterocycles. The molecule has 4 rings (SSSR count). The lowest BCUT2D eigenvalue weighted by molar-refractivity contribution is -0.155. The van der Waals surface area contributed by atoms with Gasteiger partial charge in [0, 0.05) is 44.1 Å². The number of hydrogen-bond acceptors (Lipinski definition) is 8. The highest BCUT2D eigenvalue weighted by atomic mass is 32.1. The van der Waals surface area contributed by atoms with Gasteiger partial charge in [-0.05, 0) is 70.4 Å². The number of benzene rings is 2. The molecule has 2 aromatic heterocycles. The number of nitrogens with one attached hydrogen (secondary N) is 2. The molecule has 0 fully saturated rings. The molecule has 1 atom stereocenters. The molecule has 0 saturated heterocycles. The van der Waals surface area contributed by atoms with Crippen molar-refractivity contribution in [2.45, 2.75) is 71.9 Å². The fraction of sp³-hybridized carbons (Fsp3) is 0.343. The first-order valence-corrected chi connectivity index (χ1v) is 16.0. The summed E-state index contributed by atoms with van der Waals surface area (Å²) in [6.07, 6.45) is 1.10. The van der Waals surface area contributed by atoms with Crippen molar-refractivity contribution in [3.63, 3.8) is 0 Å². The van der Waals surface area contributed by atoms with Gasteiger partial charge in [0.2, 0.25) is 5.91 Å². The van der Waals surface area contributed by atoms with Gasteiger partial charge in [-0.15, -0.1) is 11.3 Å². The van der Waals surface area contributed by atoms with Crippen LogP contribution in [0.3, 0.4) is 0 Å². The van der Waals surface area contributed by atoms with Gasteiger partial charge in [0.1, 0.15) is 40.6 Å². The van der Waals surface area contributed by atoms with Crippen LogP contribution in [-0.2, 0) is 32.0 Å². The number of fused-ring (bicyclic) bond motifs is 1. The fourth-order valence-corrected chi connectivity index (χ4v) is 5.71. The van der Waals surface area contributed by atoms with E-state index in [1.807, 2.05) is 0 Å². The Morgan fingerprint density at radius 2 is 1.70 bits per heavy atom. The number of amides is 2. The maximum atomic E-state index is 15.0. The number of ketones is 1. The van der Waals surface area contributed by atoms with Gasteiger partial charge in [0.25, 0.3) is 5.91 Å². The summed E-state index contributed by atoms with van der Waals surface area (Å²) in [6.45, 7) is 9.12. The first-order valence-electron chi connectivity index (χ1n) is 15.1. The fourth-order valence-electron chi connectivity index (χ4n) is 4.75. The molecule has 9 nitrogen and oxygen atoms in total. The van der Waals surface area contributed by atoms with Crippen LogP contribution in [-0.4, -0.2) is 46.7 Å². The van der Waals surface area contributed by atoms with E-state index in [4.69, 9.17) is 9.47 Å². The van der Waals surface area contributed by atoms with Gasteiger partial charge in [0.05, 0.1) is 15.1 Å². The zero-order valence-corrected chi connectivity index (χ0v) is 27.7. The summed E-state index contributed by atoms with van der Waals surface area (Å²) in [5.74, 6) is -2.43. The normalized spacial score (nSPS) is 12.0. The number of halogens is 2. The largest absolute Gasteiger partial charge is 0.460 e. The standard InChI is InChI=1S/C35H37F2N3O6S/c1-6-38-33(43)27(11-12-31(42)46-35(3,4)5)40-34(44)30-19-28-32(47-30)29(13-14-39-28)45-24-9-8-21(26(37)18-24)16-23(41)17-22-15-20(2)7-10-25(22)36/h7-10,13-15,18-19,27H,6,11-12,16-17H2,1-5H3,(H,38,43)(H,40,44)/t27-/m0/s1. The molecule has 0 aliphatic carbocycles. The van der Waals surface area contributed by atoms with Crippen molar-refractivity contribution in [1.29, 1.82) is 0 Å². The van der Waals surface area contributed by atoms with E-state index in [9.17, 15) is 23.6 Å². The van der Waals surface area contributed by atoms with E-state index in [0.717, 1.165) is 23.0 Å². The average Bonchev–Trinajstić information content (AvgIpc) is 3.43. The summed E-state index contributed by atoms with van der Waals surface area (Å²) in [6, 6.07) is 10.8. The number of Topliss-reactive ketones (excluding diaryl/α,β-unsaturated/α-hetero) is 1. The number of pyridine rings is 1. The Kier molecular flexibility index (Phi) is 11.4. The molecule has 4 aromatic rings. The summed E-state index contributed by atoms with van der Waals surface area (Å²) in [5, 5.41) is 5.37. The van der Waals surface area contributed by atoms with Crippen LogP contribution in [0.15, 0.2) is 54.7 Å². The monoisotopic (exact) mass is 665 g/mol. The van der Waals surface area contributed by atoms with Gasteiger partial charge in [-0.2, -0.15) is 0 Å². The number of thiophene rings is 1. The van der Waals surface area contributed by atoms with Gasteiger partial charge >= 0.3 is 5.97 Å². The van der Waals surface area contributed by atoms with E-state index >= 15 is 4.39 Å². The Labute approximate surface area is 275 Å². The van der Waals surface area contributed by atoms with E-state index in [2.05, 4.69) is 15.6 Å². The zero-order valence-electron chi connectivity index (χ0n) is 26.9. The molecule has 12 heteroatoms. The first-order chi connectivity index (χ1) is 22.2. The number of carbonyl (C=O) groups excluding carboxylic acids is 4. The number of carbonyl (C=O) groups is 4. The Morgan fingerprint density at radius 1 is 0.957 bits per heavy atom. The van der Waals surface area contributed by atoms with E-state index in [1.165, 1.54) is 24.4 Å². The van der Waals surface area contributed by atoms with E-state index in [-0.39, 0.29) is 53.2 Å². The topological polar surface area (TPSA) is 124 Å². The molecular formula is C35H37F2N3O6S. The van der Waals surface area contributed by atoms with Gasteiger partial charge in [-0.1, -0.05) is 23.8 Å². The maximum absolute atomic E-state index is 15.0. The maximum Gasteiger partial charge on any atom is 0.306 e. The molecule has 0 aliphatic rings. The lowest BCUT2D eigenvalue weighted by atomic mass is 10.0. The summed E-state index contributed by atoms with van der Waals surface area (Å²) >= 11 is 1.08. The van der Waals surface area contributed by atoms with E-state index in [0.29, 0.717) is 22.5 Å². The predicted molar refractivity (Wildman–Crippen MR) is 175 cm³/mol. The molecule has 0 unspecified atom stereocenters. The van der Waals surface area contributed by atoms with Crippen molar-refractivity contribution in [3.8, 4) is 11.5 Å². The Morgan fingerprint density at radius 3 is 2.40 bits per heavy atom. The van der Waals surface area contributed by atoms with Gasteiger partial charge < -0.3 is 20.1 Å². The molecule has 0 bridgehead atoms. The number of esters is 1. The number of aryl methyl sites for hydroxylation is 1. The third-order valence-electron chi connectivity index (χ3n) is 6.86. The number of nitrogens with zero attached hydrogens (tertiary/aromatic N) is 1. The van der Waals surface area contributed by atoms with E-state index in [1.54, 1.807) is 58.9 Å². The molecule has 0 radical (unpaired) electrons. The third kappa shape index (κ3) is 9.89. The quantitative estimate of drug-likeness (QED) is 0.159. The predicted octanol–water partition coefficient (Wildman–Crippen LogP) is 6.39. The lowest BCUT2D eigenvalue weighted by Gasteiger charge is -2.21. The molecule has 248 valence electrons. The highest BCUT2D eigenvalue weighted by Gasteiger charge is 2.25. The van der Waals surface area contributed by atoms with Crippen molar-refractivity contribution >= 4 is 45.1 Å². The molecule has 2 amide bonds. The molecule has 2 heterocycles. The average molecular weight is 666 g/mol.